The fraction of sp³-hybridized carbons (Fsp3) is 0.438. The van der Waals surface area contributed by atoms with Crippen molar-refractivity contribution >= 4 is 0 Å². The normalized spacial score (nSPS) is 15.8. The molecule has 0 saturated heterocycles. The number of benzene rings is 1. The molecule has 1 heterocycles. The predicted molar refractivity (Wildman–Crippen MR) is 80.4 cm³/mol. The first-order valence-electron chi connectivity index (χ1n) is 6.90. The Morgan fingerprint density at radius 2 is 2.10 bits per heavy atom. The molecule has 2 atom stereocenters. The van der Waals surface area contributed by atoms with Crippen LogP contribution in [0.3, 0.4) is 0 Å². The van der Waals surface area contributed by atoms with E-state index in [1.807, 2.05) is 32.3 Å². The highest BCUT2D eigenvalue weighted by Gasteiger charge is 2.25. The molecule has 0 aliphatic carbocycles. The fourth-order valence-electron chi connectivity index (χ4n) is 2.34. The maximum absolute atomic E-state index is 10.5. The molecule has 2 aromatic rings. The largest absolute Gasteiger partial charge is 0.384 e. The van der Waals surface area contributed by atoms with E-state index in [-0.39, 0.29) is 6.04 Å². The van der Waals surface area contributed by atoms with Crippen molar-refractivity contribution in [1.29, 1.82) is 0 Å². The average molecular weight is 273 g/mol. The third-order valence-electron chi connectivity index (χ3n) is 3.73. The Kier molecular flexibility index (Phi) is 4.26. The highest BCUT2D eigenvalue weighted by Crippen LogP contribution is 2.22. The van der Waals surface area contributed by atoms with Gasteiger partial charge in [0.1, 0.15) is 5.60 Å². The molecule has 1 aromatic carbocycles. The summed E-state index contributed by atoms with van der Waals surface area (Å²) in [5.41, 5.74) is 2.41. The summed E-state index contributed by atoms with van der Waals surface area (Å²) in [5, 5.41) is 18.1. The molecule has 1 aromatic heterocycles. The highest BCUT2D eigenvalue weighted by atomic mass is 16.3. The third-order valence-corrected chi connectivity index (χ3v) is 3.73. The summed E-state index contributed by atoms with van der Waals surface area (Å²) in [6, 6.07) is 8.50. The van der Waals surface area contributed by atoms with Crippen molar-refractivity contribution in [2.24, 2.45) is 7.05 Å². The molecule has 0 saturated carbocycles. The molecular formula is C16H23N3O. The van der Waals surface area contributed by atoms with Crippen LogP contribution in [0.2, 0.25) is 0 Å². The number of rotatable bonds is 5. The second-order valence-corrected chi connectivity index (χ2v) is 5.64. The topological polar surface area (TPSA) is 50.1 Å². The molecular weight excluding hydrogens is 250 g/mol. The zero-order valence-corrected chi connectivity index (χ0v) is 12.6. The Bertz CT molecular complexity index is 575. The monoisotopic (exact) mass is 273 g/mol. The van der Waals surface area contributed by atoms with Gasteiger partial charge in [-0.1, -0.05) is 24.3 Å². The predicted octanol–water partition coefficient (Wildman–Crippen LogP) is 2.29. The Morgan fingerprint density at radius 3 is 2.70 bits per heavy atom. The lowest BCUT2D eigenvalue weighted by Gasteiger charge is -2.25. The standard InChI is InChI=1S/C16H23N3O/c1-12-7-5-6-8-15(12)13(2)17-11-16(3,20)14-9-18-19(4)10-14/h5-10,13,17,20H,11H2,1-4H3. The van der Waals surface area contributed by atoms with Crippen LogP contribution in [0.15, 0.2) is 36.7 Å². The van der Waals surface area contributed by atoms with Gasteiger partial charge in [-0.2, -0.15) is 5.10 Å². The summed E-state index contributed by atoms with van der Waals surface area (Å²) in [6.45, 7) is 6.50. The minimum absolute atomic E-state index is 0.194. The van der Waals surface area contributed by atoms with Crippen molar-refractivity contribution in [3.8, 4) is 0 Å². The van der Waals surface area contributed by atoms with Gasteiger partial charge in [0.15, 0.2) is 0 Å². The van der Waals surface area contributed by atoms with Crippen molar-refractivity contribution in [1.82, 2.24) is 15.1 Å². The van der Waals surface area contributed by atoms with E-state index in [1.54, 1.807) is 10.9 Å². The van der Waals surface area contributed by atoms with Crippen LogP contribution in [0.25, 0.3) is 0 Å². The van der Waals surface area contributed by atoms with Gasteiger partial charge in [-0.05, 0) is 31.9 Å². The van der Waals surface area contributed by atoms with Crippen molar-refractivity contribution in [2.45, 2.75) is 32.4 Å². The molecule has 4 heteroatoms. The third kappa shape index (κ3) is 3.26. The zero-order chi connectivity index (χ0) is 14.8. The molecule has 108 valence electrons. The van der Waals surface area contributed by atoms with Crippen LogP contribution in [0.1, 0.15) is 36.6 Å². The second-order valence-electron chi connectivity index (χ2n) is 5.64. The number of hydrogen-bond donors (Lipinski definition) is 2. The minimum atomic E-state index is -0.925. The first-order chi connectivity index (χ1) is 9.40. The number of hydrogen-bond acceptors (Lipinski definition) is 3. The molecule has 0 radical (unpaired) electrons. The maximum atomic E-state index is 10.5. The van der Waals surface area contributed by atoms with Gasteiger partial charge < -0.3 is 10.4 Å². The molecule has 4 nitrogen and oxygen atoms in total. The summed E-state index contributed by atoms with van der Waals surface area (Å²) in [6.07, 6.45) is 3.56. The highest BCUT2D eigenvalue weighted by molar-refractivity contribution is 5.28. The van der Waals surface area contributed by atoms with E-state index in [4.69, 9.17) is 0 Å². The van der Waals surface area contributed by atoms with E-state index in [0.29, 0.717) is 6.54 Å². The van der Waals surface area contributed by atoms with Crippen LogP contribution in [0, 0.1) is 6.92 Å². The Labute approximate surface area is 120 Å². The van der Waals surface area contributed by atoms with Gasteiger partial charge in [-0.3, -0.25) is 4.68 Å². The van der Waals surface area contributed by atoms with Crippen molar-refractivity contribution < 1.29 is 5.11 Å². The number of nitrogens with zero attached hydrogens (tertiary/aromatic N) is 2. The summed E-state index contributed by atoms with van der Waals surface area (Å²) in [5.74, 6) is 0. The van der Waals surface area contributed by atoms with Gasteiger partial charge in [0, 0.05) is 31.4 Å². The van der Waals surface area contributed by atoms with E-state index >= 15 is 0 Å². The molecule has 2 unspecified atom stereocenters. The Morgan fingerprint density at radius 1 is 1.40 bits per heavy atom. The summed E-state index contributed by atoms with van der Waals surface area (Å²) < 4.78 is 1.70. The van der Waals surface area contributed by atoms with E-state index in [9.17, 15) is 5.11 Å². The van der Waals surface area contributed by atoms with Gasteiger partial charge in [-0.15, -0.1) is 0 Å². The van der Waals surface area contributed by atoms with Crippen LogP contribution in [0.5, 0.6) is 0 Å². The van der Waals surface area contributed by atoms with Gasteiger partial charge >= 0.3 is 0 Å². The van der Waals surface area contributed by atoms with Gasteiger partial charge in [0.2, 0.25) is 0 Å². The number of aryl methyl sites for hydroxylation is 2. The molecule has 0 aliphatic rings. The quantitative estimate of drug-likeness (QED) is 0.879. The Hall–Kier alpha value is -1.65. The van der Waals surface area contributed by atoms with Gasteiger partial charge in [0.25, 0.3) is 0 Å². The summed E-state index contributed by atoms with van der Waals surface area (Å²) in [7, 11) is 1.85. The second kappa shape index (κ2) is 5.77. The first kappa shape index (κ1) is 14.8. The molecule has 20 heavy (non-hydrogen) atoms. The maximum Gasteiger partial charge on any atom is 0.102 e. The Balaban J connectivity index is 2.03. The van der Waals surface area contributed by atoms with Crippen LogP contribution >= 0.6 is 0 Å². The van der Waals surface area contributed by atoms with E-state index in [1.165, 1.54) is 11.1 Å². The number of aliphatic hydroxyl groups is 1. The van der Waals surface area contributed by atoms with E-state index in [2.05, 4.69) is 36.4 Å². The number of aromatic nitrogens is 2. The lowest BCUT2D eigenvalue weighted by Crippen LogP contribution is -2.36. The van der Waals surface area contributed by atoms with Gasteiger partial charge in [0.05, 0.1) is 6.20 Å². The summed E-state index contributed by atoms with van der Waals surface area (Å²) in [4.78, 5) is 0. The molecule has 2 N–H and O–H groups in total. The van der Waals surface area contributed by atoms with E-state index in [0.717, 1.165) is 5.56 Å². The van der Waals surface area contributed by atoms with Crippen LogP contribution in [-0.4, -0.2) is 21.4 Å². The van der Waals surface area contributed by atoms with Crippen LogP contribution < -0.4 is 5.32 Å². The lowest BCUT2D eigenvalue weighted by molar-refractivity contribution is 0.0543. The van der Waals surface area contributed by atoms with Gasteiger partial charge in [-0.25, -0.2) is 0 Å². The smallest absolute Gasteiger partial charge is 0.102 e. The van der Waals surface area contributed by atoms with Crippen molar-refractivity contribution in [3.05, 3.63) is 53.3 Å². The first-order valence-corrected chi connectivity index (χ1v) is 6.90. The molecule has 0 amide bonds. The molecule has 2 rings (SSSR count). The number of nitrogens with one attached hydrogen (secondary N) is 1. The zero-order valence-electron chi connectivity index (χ0n) is 12.6. The lowest BCUT2D eigenvalue weighted by atomic mass is 9.97. The van der Waals surface area contributed by atoms with Crippen LogP contribution in [0.4, 0.5) is 0 Å². The van der Waals surface area contributed by atoms with Crippen LogP contribution in [-0.2, 0) is 12.6 Å². The average Bonchev–Trinajstić information content (AvgIpc) is 2.84. The SMILES string of the molecule is Cc1ccccc1C(C)NCC(C)(O)c1cnn(C)c1. The molecule has 0 bridgehead atoms. The van der Waals surface area contributed by atoms with E-state index < -0.39 is 5.60 Å². The molecule has 0 spiro atoms. The minimum Gasteiger partial charge on any atom is -0.384 e. The van der Waals surface area contributed by atoms with Crippen molar-refractivity contribution in [3.63, 3.8) is 0 Å². The fourth-order valence-corrected chi connectivity index (χ4v) is 2.34. The van der Waals surface area contributed by atoms with Crippen molar-refractivity contribution in [2.75, 3.05) is 6.54 Å². The summed E-state index contributed by atoms with van der Waals surface area (Å²) >= 11 is 0. The molecule has 0 fully saturated rings. The molecule has 0 aliphatic heterocycles.